The summed E-state index contributed by atoms with van der Waals surface area (Å²) in [7, 11) is 0. The third-order valence-corrected chi connectivity index (χ3v) is 3.71. The topological polar surface area (TPSA) is 44.1 Å². The molecule has 0 spiro atoms. The van der Waals surface area contributed by atoms with Gasteiger partial charge in [0, 0.05) is 0 Å². The van der Waals surface area contributed by atoms with Crippen LogP contribution < -0.4 is 0 Å². The van der Waals surface area contributed by atoms with Gasteiger partial charge in [-0.05, 0) is 42.0 Å². The minimum Gasteiger partial charge on any atom is -0.461 e. The molecule has 100 valence electrons. The van der Waals surface area contributed by atoms with Gasteiger partial charge in [-0.3, -0.25) is 0 Å². The molecule has 1 heterocycles. The molecule has 0 fully saturated rings. The number of aromatic nitrogens is 2. The molecule has 1 atom stereocenters. The first kappa shape index (κ1) is 14.0. The van der Waals surface area contributed by atoms with Crippen molar-refractivity contribution in [1.29, 1.82) is 0 Å². The van der Waals surface area contributed by atoms with Gasteiger partial charge in [-0.15, -0.1) is 0 Å². The summed E-state index contributed by atoms with van der Waals surface area (Å²) in [6.07, 6.45) is 1.69. The van der Waals surface area contributed by atoms with Crippen molar-refractivity contribution in [1.82, 2.24) is 9.55 Å². The van der Waals surface area contributed by atoms with E-state index in [0.29, 0.717) is 16.0 Å². The summed E-state index contributed by atoms with van der Waals surface area (Å²) in [5.74, 6) is -0.327. The summed E-state index contributed by atoms with van der Waals surface area (Å²) in [5.41, 5.74) is 1.64. The Morgan fingerprint density at radius 1 is 1.42 bits per heavy atom. The molecule has 0 radical (unpaired) electrons. The van der Waals surface area contributed by atoms with Crippen LogP contribution in [0.5, 0.6) is 0 Å². The molecule has 0 amide bonds. The Bertz CT molecular complexity index is 566. The first-order chi connectivity index (χ1) is 9.15. The lowest BCUT2D eigenvalue weighted by Gasteiger charge is -2.16. The number of benzene rings is 1. The zero-order chi connectivity index (χ0) is 13.8. The Morgan fingerprint density at radius 2 is 2.11 bits per heavy atom. The highest BCUT2D eigenvalue weighted by atomic mass is 127. The Labute approximate surface area is 125 Å². The molecule has 0 aliphatic rings. The van der Waals surface area contributed by atoms with Gasteiger partial charge < -0.3 is 9.30 Å². The van der Waals surface area contributed by atoms with Crippen molar-refractivity contribution in [2.45, 2.75) is 19.9 Å². The number of esters is 1. The number of halogens is 1. The number of hydrogen-bond donors (Lipinski definition) is 0. The molecule has 0 bridgehead atoms. The molecule has 0 N–H and O–H groups in total. The molecule has 0 unspecified atom stereocenters. The van der Waals surface area contributed by atoms with Gasteiger partial charge in [0.15, 0.2) is 5.69 Å². The molecular formula is C14H15IN2O2. The molecule has 2 aromatic rings. The second-order valence-electron chi connectivity index (χ2n) is 4.10. The zero-order valence-corrected chi connectivity index (χ0v) is 13.0. The quantitative estimate of drug-likeness (QED) is 0.613. The van der Waals surface area contributed by atoms with E-state index in [1.807, 2.05) is 41.8 Å². The van der Waals surface area contributed by atoms with Crippen LogP contribution in [0.3, 0.4) is 0 Å². The van der Waals surface area contributed by atoms with Crippen LogP contribution in [0.4, 0.5) is 0 Å². The van der Waals surface area contributed by atoms with E-state index in [1.165, 1.54) is 0 Å². The summed E-state index contributed by atoms with van der Waals surface area (Å²) >= 11 is 2.06. The summed E-state index contributed by atoms with van der Waals surface area (Å²) < 4.78 is 7.61. The highest BCUT2D eigenvalue weighted by Gasteiger charge is 2.21. The van der Waals surface area contributed by atoms with Gasteiger partial charge in [-0.1, -0.05) is 30.3 Å². The summed E-state index contributed by atoms with van der Waals surface area (Å²) in [6, 6.07) is 10.0. The lowest BCUT2D eigenvalue weighted by molar-refractivity contribution is 0.0511. The number of carbonyl (C=O) groups is 1. The fourth-order valence-electron chi connectivity index (χ4n) is 1.91. The van der Waals surface area contributed by atoms with Crippen LogP contribution in [0.2, 0.25) is 0 Å². The van der Waals surface area contributed by atoms with Crippen molar-refractivity contribution >= 4 is 28.6 Å². The SMILES string of the molecule is CCOC(=O)c1c(I)ncn1[C@H](C)c1ccccc1. The Kier molecular flexibility index (Phi) is 4.57. The summed E-state index contributed by atoms with van der Waals surface area (Å²) in [6.45, 7) is 4.20. The van der Waals surface area contributed by atoms with E-state index in [0.717, 1.165) is 5.56 Å². The van der Waals surface area contributed by atoms with E-state index in [-0.39, 0.29) is 12.0 Å². The lowest BCUT2D eigenvalue weighted by atomic mass is 10.1. The van der Waals surface area contributed by atoms with Gasteiger partial charge in [0.25, 0.3) is 0 Å². The predicted octanol–water partition coefficient (Wildman–Crippen LogP) is 3.27. The monoisotopic (exact) mass is 370 g/mol. The first-order valence-electron chi connectivity index (χ1n) is 6.09. The van der Waals surface area contributed by atoms with Gasteiger partial charge in [0.1, 0.15) is 3.70 Å². The van der Waals surface area contributed by atoms with E-state index >= 15 is 0 Å². The third kappa shape index (κ3) is 2.97. The number of rotatable bonds is 4. The molecule has 5 heteroatoms. The molecule has 0 saturated carbocycles. The van der Waals surface area contributed by atoms with Crippen LogP contribution in [0.1, 0.15) is 35.9 Å². The Morgan fingerprint density at radius 3 is 2.74 bits per heavy atom. The molecule has 2 rings (SSSR count). The van der Waals surface area contributed by atoms with Crippen molar-refractivity contribution in [2.24, 2.45) is 0 Å². The highest BCUT2D eigenvalue weighted by Crippen LogP contribution is 2.22. The average molecular weight is 370 g/mol. The summed E-state index contributed by atoms with van der Waals surface area (Å²) in [4.78, 5) is 16.2. The molecule has 0 aliphatic carbocycles. The predicted molar refractivity (Wildman–Crippen MR) is 81.2 cm³/mol. The fourth-order valence-corrected chi connectivity index (χ4v) is 2.54. The average Bonchev–Trinajstić information content (AvgIpc) is 2.81. The van der Waals surface area contributed by atoms with E-state index < -0.39 is 0 Å². The Balaban J connectivity index is 2.38. The minimum absolute atomic E-state index is 0.0385. The number of imidazole rings is 1. The van der Waals surface area contributed by atoms with E-state index in [9.17, 15) is 4.79 Å². The van der Waals surface area contributed by atoms with Crippen molar-refractivity contribution < 1.29 is 9.53 Å². The van der Waals surface area contributed by atoms with Gasteiger partial charge in [0.2, 0.25) is 0 Å². The van der Waals surface area contributed by atoms with E-state index in [2.05, 4.69) is 27.6 Å². The van der Waals surface area contributed by atoms with Gasteiger partial charge in [0.05, 0.1) is 19.0 Å². The lowest BCUT2D eigenvalue weighted by Crippen LogP contribution is -2.16. The molecule has 1 aromatic carbocycles. The minimum atomic E-state index is -0.327. The molecule has 0 saturated heterocycles. The standard InChI is InChI=1S/C14H15IN2O2/c1-3-19-14(18)12-13(15)16-9-17(12)10(2)11-7-5-4-6-8-11/h4-10H,3H2,1-2H3/t10-/m1/s1. The van der Waals surface area contributed by atoms with Crippen LogP contribution in [0.25, 0.3) is 0 Å². The third-order valence-electron chi connectivity index (χ3n) is 2.92. The highest BCUT2D eigenvalue weighted by molar-refractivity contribution is 14.1. The van der Waals surface area contributed by atoms with Crippen molar-refractivity contribution in [3.05, 3.63) is 51.6 Å². The molecule has 0 aliphatic heterocycles. The fraction of sp³-hybridized carbons (Fsp3) is 0.286. The number of ether oxygens (including phenoxy) is 1. The second-order valence-corrected chi connectivity index (χ2v) is 5.12. The van der Waals surface area contributed by atoms with Crippen LogP contribution in [0.15, 0.2) is 36.7 Å². The number of carbonyl (C=O) groups excluding carboxylic acids is 1. The van der Waals surface area contributed by atoms with Crippen LogP contribution >= 0.6 is 22.6 Å². The van der Waals surface area contributed by atoms with Crippen molar-refractivity contribution in [3.8, 4) is 0 Å². The van der Waals surface area contributed by atoms with Crippen molar-refractivity contribution in [3.63, 3.8) is 0 Å². The normalized spacial score (nSPS) is 12.2. The smallest absolute Gasteiger partial charge is 0.357 e. The van der Waals surface area contributed by atoms with E-state index in [4.69, 9.17) is 4.74 Å². The van der Waals surface area contributed by atoms with Gasteiger partial charge in [-0.25, -0.2) is 9.78 Å². The molecular weight excluding hydrogens is 355 g/mol. The zero-order valence-electron chi connectivity index (χ0n) is 10.8. The van der Waals surface area contributed by atoms with Gasteiger partial charge >= 0.3 is 5.97 Å². The maximum atomic E-state index is 12.0. The van der Waals surface area contributed by atoms with Crippen molar-refractivity contribution in [2.75, 3.05) is 6.61 Å². The van der Waals surface area contributed by atoms with Crippen LogP contribution in [0, 0.1) is 3.70 Å². The number of nitrogens with zero attached hydrogens (tertiary/aromatic N) is 2. The molecule has 1 aromatic heterocycles. The maximum Gasteiger partial charge on any atom is 0.357 e. The van der Waals surface area contributed by atoms with Gasteiger partial charge in [-0.2, -0.15) is 0 Å². The largest absolute Gasteiger partial charge is 0.461 e. The van der Waals surface area contributed by atoms with Crippen LogP contribution in [-0.4, -0.2) is 22.1 Å². The van der Waals surface area contributed by atoms with Crippen LogP contribution in [-0.2, 0) is 4.74 Å². The first-order valence-corrected chi connectivity index (χ1v) is 7.17. The number of hydrogen-bond acceptors (Lipinski definition) is 3. The summed E-state index contributed by atoms with van der Waals surface area (Å²) in [5, 5.41) is 0. The molecule has 4 nitrogen and oxygen atoms in total. The molecule has 19 heavy (non-hydrogen) atoms. The second kappa shape index (κ2) is 6.18. The maximum absolute atomic E-state index is 12.0. The Hall–Kier alpha value is -1.37. The van der Waals surface area contributed by atoms with E-state index in [1.54, 1.807) is 13.3 Å².